The van der Waals surface area contributed by atoms with E-state index < -0.39 is 29.0 Å². The van der Waals surface area contributed by atoms with Gasteiger partial charge in [0, 0.05) is 23.6 Å². The predicted molar refractivity (Wildman–Crippen MR) is 85.6 cm³/mol. The first-order valence-electron chi connectivity index (χ1n) is 8.80. The molecule has 0 aromatic carbocycles. The van der Waals surface area contributed by atoms with Gasteiger partial charge in [-0.3, -0.25) is 9.48 Å². The summed E-state index contributed by atoms with van der Waals surface area (Å²) < 4.78 is 54.8. The number of aromatic nitrogens is 3. The van der Waals surface area contributed by atoms with E-state index in [1.165, 1.54) is 0 Å². The van der Waals surface area contributed by atoms with Crippen LogP contribution in [0.2, 0.25) is 0 Å². The lowest BCUT2D eigenvalue weighted by Gasteiger charge is -2.68. The number of pyridine rings is 1. The van der Waals surface area contributed by atoms with Crippen molar-refractivity contribution in [3.05, 3.63) is 35.8 Å². The maximum atomic E-state index is 13.9. The topological polar surface area (TPSA) is 59.8 Å². The molecule has 2 bridgehead atoms. The monoisotopic (exact) mass is 380 g/mol. The van der Waals surface area contributed by atoms with Gasteiger partial charge in [0.1, 0.15) is 0 Å². The molecule has 9 heteroatoms. The van der Waals surface area contributed by atoms with Gasteiger partial charge in [-0.15, -0.1) is 0 Å². The smallest absolute Gasteiger partial charge is 0.244 e. The number of aryl methyl sites for hydroxylation is 1. The Labute approximate surface area is 151 Å². The molecule has 0 radical (unpaired) electrons. The first kappa shape index (κ1) is 16.7. The Hall–Kier alpha value is -2.45. The van der Waals surface area contributed by atoms with Gasteiger partial charge in [0.2, 0.25) is 18.3 Å². The van der Waals surface area contributed by atoms with Crippen LogP contribution in [-0.4, -0.2) is 27.1 Å². The highest BCUT2D eigenvalue weighted by Crippen LogP contribution is 2.75. The molecule has 3 fully saturated rings. The largest absolute Gasteiger partial charge is 0.347 e. The van der Waals surface area contributed by atoms with Gasteiger partial charge in [-0.05, 0) is 31.7 Å². The molecule has 3 aliphatic carbocycles. The third-order valence-electron chi connectivity index (χ3n) is 6.22. The number of nitrogens with zero attached hydrogens (tertiary/aromatic N) is 3. The summed E-state index contributed by atoms with van der Waals surface area (Å²) in [7, 11) is 0. The zero-order valence-corrected chi connectivity index (χ0v) is 14.2. The Morgan fingerprint density at radius 2 is 2.00 bits per heavy atom. The molecule has 6 rings (SSSR count). The van der Waals surface area contributed by atoms with Crippen LogP contribution in [0.1, 0.15) is 37.4 Å². The van der Waals surface area contributed by atoms with Crippen LogP contribution in [0.3, 0.4) is 0 Å². The number of amides is 1. The van der Waals surface area contributed by atoms with E-state index in [2.05, 4.69) is 15.4 Å². The molecule has 1 atom stereocenters. The lowest BCUT2D eigenvalue weighted by atomic mass is 9.35. The third kappa shape index (κ3) is 2.26. The number of carbonyl (C=O) groups is 1. The summed E-state index contributed by atoms with van der Waals surface area (Å²) in [6.07, 6.45) is -0.237. The fraction of sp³-hybridized carbons (Fsp3) is 0.500. The Balaban J connectivity index is 1.33. The van der Waals surface area contributed by atoms with Crippen LogP contribution in [0.5, 0.6) is 0 Å². The molecule has 0 unspecified atom stereocenters. The molecule has 27 heavy (non-hydrogen) atoms. The second-order valence-corrected chi connectivity index (χ2v) is 7.95. The first-order chi connectivity index (χ1) is 12.8. The van der Waals surface area contributed by atoms with Crippen LogP contribution in [0.15, 0.2) is 18.3 Å². The van der Waals surface area contributed by atoms with Crippen molar-refractivity contribution in [2.45, 2.75) is 44.7 Å². The molecule has 5 nitrogen and oxygen atoms in total. The van der Waals surface area contributed by atoms with Gasteiger partial charge < -0.3 is 5.32 Å². The molecule has 1 N–H and O–H groups in total. The fourth-order valence-corrected chi connectivity index (χ4v) is 4.83. The van der Waals surface area contributed by atoms with Gasteiger partial charge in [-0.25, -0.2) is 18.2 Å². The summed E-state index contributed by atoms with van der Waals surface area (Å²) in [6.45, 7) is 0.531. The molecular formula is C18H16F4N4O. The number of carbonyl (C=O) groups excluding carboxylic acids is 1. The Bertz CT molecular complexity index is 937. The SMILES string of the molecule is O=C(N[C@@H]1CCn2nc(-c3cc(F)ncc3F)cc21)C12CC(C(F)F)(C1)C2. The van der Waals surface area contributed by atoms with E-state index >= 15 is 0 Å². The number of fused-ring (bicyclic) bond motifs is 1. The van der Waals surface area contributed by atoms with Crippen molar-refractivity contribution >= 4 is 5.91 Å². The lowest BCUT2D eigenvalue weighted by Crippen LogP contribution is -2.70. The molecule has 4 aliphatic rings. The normalized spacial score (nSPS) is 30.6. The van der Waals surface area contributed by atoms with E-state index in [-0.39, 0.29) is 42.5 Å². The summed E-state index contributed by atoms with van der Waals surface area (Å²) in [5.41, 5.74) is -0.638. The average Bonchev–Trinajstić information content (AvgIpc) is 3.08. The van der Waals surface area contributed by atoms with Crippen LogP contribution in [0.25, 0.3) is 11.3 Å². The van der Waals surface area contributed by atoms with Crippen LogP contribution < -0.4 is 5.32 Å². The van der Waals surface area contributed by atoms with E-state index in [0.717, 1.165) is 12.3 Å². The number of halogens is 4. The number of rotatable bonds is 4. The third-order valence-corrected chi connectivity index (χ3v) is 6.22. The Morgan fingerprint density at radius 1 is 1.26 bits per heavy atom. The molecule has 3 heterocycles. The lowest BCUT2D eigenvalue weighted by molar-refractivity contribution is -0.256. The highest BCUT2D eigenvalue weighted by atomic mass is 19.3. The van der Waals surface area contributed by atoms with Crippen molar-refractivity contribution in [3.8, 4) is 11.3 Å². The van der Waals surface area contributed by atoms with Gasteiger partial charge in [-0.1, -0.05) is 0 Å². The van der Waals surface area contributed by atoms with Crippen molar-refractivity contribution in [1.82, 2.24) is 20.1 Å². The summed E-state index contributed by atoms with van der Waals surface area (Å²) in [5, 5.41) is 7.23. The average molecular weight is 380 g/mol. The van der Waals surface area contributed by atoms with Crippen LogP contribution in [0, 0.1) is 22.6 Å². The highest BCUT2D eigenvalue weighted by Gasteiger charge is 2.75. The Morgan fingerprint density at radius 3 is 2.70 bits per heavy atom. The predicted octanol–water partition coefficient (Wildman–Crippen LogP) is 3.22. The second-order valence-electron chi connectivity index (χ2n) is 7.95. The van der Waals surface area contributed by atoms with Crippen molar-refractivity contribution in [1.29, 1.82) is 0 Å². The minimum absolute atomic E-state index is 0.00720. The molecule has 2 aromatic heterocycles. The summed E-state index contributed by atoms with van der Waals surface area (Å²) in [6, 6.07) is 2.29. The maximum absolute atomic E-state index is 13.9. The summed E-state index contributed by atoms with van der Waals surface area (Å²) in [5.74, 6) is -1.69. The van der Waals surface area contributed by atoms with Crippen LogP contribution in [0.4, 0.5) is 17.6 Å². The molecule has 1 amide bonds. The zero-order chi connectivity index (χ0) is 19.0. The number of hydrogen-bond donors (Lipinski definition) is 1. The van der Waals surface area contributed by atoms with Gasteiger partial charge in [0.15, 0.2) is 5.82 Å². The minimum atomic E-state index is -2.38. The van der Waals surface area contributed by atoms with Gasteiger partial charge in [0.25, 0.3) is 0 Å². The molecule has 142 valence electrons. The highest BCUT2D eigenvalue weighted by molar-refractivity contribution is 5.86. The fourth-order valence-electron chi connectivity index (χ4n) is 4.83. The quantitative estimate of drug-likeness (QED) is 0.655. The van der Waals surface area contributed by atoms with E-state index in [0.29, 0.717) is 18.7 Å². The molecule has 3 saturated carbocycles. The van der Waals surface area contributed by atoms with Crippen molar-refractivity contribution in [2.75, 3.05) is 0 Å². The molecule has 2 aromatic rings. The van der Waals surface area contributed by atoms with Crippen molar-refractivity contribution in [3.63, 3.8) is 0 Å². The number of alkyl halides is 2. The van der Waals surface area contributed by atoms with Crippen molar-refractivity contribution in [2.24, 2.45) is 10.8 Å². The maximum Gasteiger partial charge on any atom is 0.244 e. The first-order valence-corrected chi connectivity index (χ1v) is 8.80. The second kappa shape index (κ2) is 5.30. The van der Waals surface area contributed by atoms with Gasteiger partial charge in [-0.2, -0.15) is 9.49 Å². The minimum Gasteiger partial charge on any atom is -0.347 e. The molecule has 1 aliphatic heterocycles. The van der Waals surface area contributed by atoms with E-state index in [9.17, 15) is 22.4 Å². The van der Waals surface area contributed by atoms with Gasteiger partial charge >= 0.3 is 0 Å². The van der Waals surface area contributed by atoms with E-state index in [4.69, 9.17) is 0 Å². The summed E-state index contributed by atoms with van der Waals surface area (Å²) >= 11 is 0. The Kier molecular flexibility index (Phi) is 3.28. The standard InChI is InChI=1S/C18H16F4N4O/c19-10-5-23-14(20)3-9(10)12-4-13-11(1-2-26(13)25-12)24-16(27)18-6-17(7-18,8-18)15(21)22/h3-5,11,15H,1-2,6-8H2,(H,24,27)/t11-,17?,18?/m1/s1. The van der Waals surface area contributed by atoms with Crippen molar-refractivity contribution < 1.29 is 22.4 Å². The number of nitrogens with one attached hydrogen (secondary N) is 1. The van der Waals surface area contributed by atoms with E-state index in [1.54, 1.807) is 10.7 Å². The number of hydrogen-bond acceptors (Lipinski definition) is 3. The van der Waals surface area contributed by atoms with Gasteiger partial charge in [0.05, 0.1) is 29.0 Å². The van der Waals surface area contributed by atoms with E-state index in [1.807, 2.05) is 0 Å². The molecule has 0 saturated heterocycles. The zero-order valence-electron chi connectivity index (χ0n) is 14.2. The van der Waals surface area contributed by atoms with Crippen LogP contribution >= 0.6 is 0 Å². The molecular weight excluding hydrogens is 364 g/mol. The summed E-state index contributed by atoms with van der Waals surface area (Å²) in [4.78, 5) is 15.8. The molecule has 0 spiro atoms. The van der Waals surface area contributed by atoms with Crippen LogP contribution in [-0.2, 0) is 11.3 Å².